The van der Waals surface area contributed by atoms with Crippen molar-refractivity contribution in [1.29, 1.82) is 0 Å². The fourth-order valence-corrected chi connectivity index (χ4v) is 5.07. The third kappa shape index (κ3) is 2.26. The van der Waals surface area contributed by atoms with Crippen LogP contribution in [0.25, 0.3) is 0 Å². The van der Waals surface area contributed by atoms with Crippen LogP contribution in [0.2, 0.25) is 0 Å². The molecule has 2 aliphatic heterocycles. The summed E-state index contributed by atoms with van der Waals surface area (Å²) in [6.07, 6.45) is 5.13. The Hall–Kier alpha value is -0.330. The smallest absolute Gasteiger partial charge is 0.0779 e. The molecule has 84 valence electrons. The second kappa shape index (κ2) is 4.27. The predicted molar refractivity (Wildman–Crippen MR) is 61.8 cm³/mol. The van der Waals surface area contributed by atoms with Crippen LogP contribution in [0.5, 0.6) is 0 Å². The molecule has 2 unspecified atom stereocenters. The molecule has 2 fully saturated rings. The van der Waals surface area contributed by atoms with E-state index in [2.05, 4.69) is 11.8 Å². The number of fused-ring (bicyclic) bond motifs is 2. The lowest BCUT2D eigenvalue weighted by Gasteiger charge is -2.42. The topological polar surface area (TPSA) is 37.3 Å². The lowest BCUT2D eigenvalue weighted by Crippen LogP contribution is -2.48. The summed E-state index contributed by atoms with van der Waals surface area (Å²) in [7, 11) is -0.696. The maximum absolute atomic E-state index is 11.9. The molecule has 2 bridgehead atoms. The molecule has 0 radical (unpaired) electrons. The average Bonchev–Trinajstić information content (AvgIpc) is 2.18. The van der Waals surface area contributed by atoms with Gasteiger partial charge in [0.2, 0.25) is 0 Å². The van der Waals surface area contributed by atoms with Crippen LogP contribution in [-0.2, 0) is 10.8 Å². The summed E-state index contributed by atoms with van der Waals surface area (Å²) in [5.74, 6) is 5.79. The summed E-state index contributed by atoms with van der Waals surface area (Å²) < 4.78 is 11.9. The largest absolute Gasteiger partial charge is 0.389 e. The fraction of sp³-hybridized carbons (Fsp3) is 0.833. The molecule has 0 spiro atoms. The van der Waals surface area contributed by atoms with Crippen LogP contribution in [0, 0.1) is 11.8 Å². The summed E-state index contributed by atoms with van der Waals surface area (Å²) in [5, 5.41) is 10.8. The highest BCUT2D eigenvalue weighted by Crippen LogP contribution is 2.40. The molecule has 2 heterocycles. The normalized spacial score (nSPS) is 44.3. The average molecular weight is 226 g/mol. The lowest BCUT2D eigenvalue weighted by atomic mass is 9.83. The number of hydrogen-bond acceptors (Lipinski definition) is 2. The highest BCUT2D eigenvalue weighted by molar-refractivity contribution is 7.86. The van der Waals surface area contributed by atoms with E-state index in [9.17, 15) is 9.32 Å². The standard InChI is InChI=1S/C12H18O2S/c1-2-3-7-12(13)8-10-5-4-6-11(9-12)15(10)14/h10-11,13H,4-9H2,1H3. The summed E-state index contributed by atoms with van der Waals surface area (Å²) >= 11 is 0. The zero-order chi connectivity index (χ0) is 10.9. The molecule has 2 saturated heterocycles. The zero-order valence-corrected chi connectivity index (χ0v) is 9.98. The van der Waals surface area contributed by atoms with Gasteiger partial charge in [-0.25, -0.2) is 0 Å². The van der Waals surface area contributed by atoms with E-state index in [1.54, 1.807) is 6.92 Å². The maximum Gasteiger partial charge on any atom is 0.0779 e. The molecule has 3 heteroatoms. The monoisotopic (exact) mass is 226 g/mol. The van der Waals surface area contributed by atoms with Gasteiger partial charge < -0.3 is 5.11 Å². The highest BCUT2D eigenvalue weighted by Gasteiger charge is 2.44. The molecule has 0 aromatic heterocycles. The molecule has 0 amide bonds. The SMILES string of the molecule is CC#CCC1(O)CC2CCCC(C1)S2=O. The Morgan fingerprint density at radius 2 is 2.00 bits per heavy atom. The number of hydrogen-bond donors (Lipinski definition) is 1. The van der Waals surface area contributed by atoms with Crippen molar-refractivity contribution < 1.29 is 9.32 Å². The van der Waals surface area contributed by atoms with Crippen LogP contribution in [0.3, 0.4) is 0 Å². The second-order valence-electron chi connectivity index (χ2n) is 4.74. The van der Waals surface area contributed by atoms with E-state index in [1.165, 1.54) is 6.42 Å². The first-order chi connectivity index (χ1) is 7.14. The van der Waals surface area contributed by atoms with Gasteiger partial charge in [0.15, 0.2) is 0 Å². The van der Waals surface area contributed by atoms with Crippen molar-refractivity contribution in [2.75, 3.05) is 0 Å². The van der Waals surface area contributed by atoms with Gasteiger partial charge in [0, 0.05) is 27.7 Å². The molecule has 2 aliphatic rings. The van der Waals surface area contributed by atoms with Crippen molar-refractivity contribution in [2.45, 2.75) is 61.5 Å². The quantitative estimate of drug-likeness (QED) is 0.689. The third-order valence-electron chi connectivity index (χ3n) is 3.52. The zero-order valence-electron chi connectivity index (χ0n) is 9.16. The fourth-order valence-electron chi connectivity index (χ4n) is 2.77. The molecule has 0 aromatic carbocycles. The van der Waals surface area contributed by atoms with Crippen molar-refractivity contribution in [1.82, 2.24) is 0 Å². The Kier molecular flexibility index (Phi) is 3.18. The summed E-state index contributed by atoms with van der Waals surface area (Å²) in [5.41, 5.74) is -0.660. The van der Waals surface area contributed by atoms with E-state index >= 15 is 0 Å². The Morgan fingerprint density at radius 1 is 1.40 bits per heavy atom. The van der Waals surface area contributed by atoms with Gasteiger partial charge in [-0.2, -0.15) is 0 Å². The summed E-state index contributed by atoms with van der Waals surface area (Å²) in [4.78, 5) is 0. The van der Waals surface area contributed by atoms with Crippen LogP contribution in [0.15, 0.2) is 0 Å². The van der Waals surface area contributed by atoms with E-state index in [-0.39, 0.29) is 10.5 Å². The predicted octanol–water partition coefficient (Wildman–Crippen LogP) is 1.59. The van der Waals surface area contributed by atoms with Crippen LogP contribution < -0.4 is 0 Å². The first-order valence-electron chi connectivity index (χ1n) is 5.66. The molecule has 0 aromatic rings. The van der Waals surface area contributed by atoms with Gasteiger partial charge in [-0.15, -0.1) is 11.8 Å². The van der Waals surface area contributed by atoms with E-state index in [0.29, 0.717) is 19.3 Å². The van der Waals surface area contributed by atoms with Gasteiger partial charge in [0.1, 0.15) is 0 Å². The molecule has 2 nitrogen and oxygen atoms in total. The minimum Gasteiger partial charge on any atom is -0.389 e. The summed E-state index contributed by atoms with van der Waals surface area (Å²) in [6.45, 7) is 1.80. The molecule has 2 atom stereocenters. The van der Waals surface area contributed by atoms with Crippen LogP contribution >= 0.6 is 0 Å². The molecular formula is C12H18O2S. The molecular weight excluding hydrogens is 208 g/mol. The third-order valence-corrected chi connectivity index (χ3v) is 5.64. The molecule has 1 N–H and O–H groups in total. The first-order valence-corrected chi connectivity index (χ1v) is 6.94. The van der Waals surface area contributed by atoms with Crippen molar-refractivity contribution in [2.24, 2.45) is 0 Å². The van der Waals surface area contributed by atoms with E-state index < -0.39 is 16.4 Å². The molecule has 0 saturated carbocycles. The van der Waals surface area contributed by atoms with Crippen molar-refractivity contribution in [3.63, 3.8) is 0 Å². The van der Waals surface area contributed by atoms with Crippen molar-refractivity contribution in [3.8, 4) is 11.8 Å². The molecule has 15 heavy (non-hydrogen) atoms. The van der Waals surface area contributed by atoms with Gasteiger partial charge in [-0.05, 0) is 32.6 Å². The maximum atomic E-state index is 11.9. The van der Waals surface area contributed by atoms with Crippen molar-refractivity contribution >= 4 is 10.8 Å². The van der Waals surface area contributed by atoms with Crippen LogP contribution in [-0.4, -0.2) is 25.4 Å². The molecule has 2 rings (SSSR count). The first kappa shape index (κ1) is 11.2. The van der Waals surface area contributed by atoms with Crippen molar-refractivity contribution in [3.05, 3.63) is 0 Å². The van der Waals surface area contributed by atoms with E-state index in [0.717, 1.165) is 12.8 Å². The van der Waals surface area contributed by atoms with Crippen LogP contribution in [0.4, 0.5) is 0 Å². The lowest BCUT2D eigenvalue weighted by molar-refractivity contribution is 0.0159. The van der Waals surface area contributed by atoms with Gasteiger partial charge in [0.25, 0.3) is 0 Å². The number of rotatable bonds is 1. The Labute approximate surface area is 93.9 Å². The minimum absolute atomic E-state index is 0.223. The van der Waals surface area contributed by atoms with Gasteiger partial charge in [-0.3, -0.25) is 4.21 Å². The Balaban J connectivity index is 2.11. The van der Waals surface area contributed by atoms with Gasteiger partial charge >= 0.3 is 0 Å². The van der Waals surface area contributed by atoms with Gasteiger partial charge in [0.05, 0.1) is 5.60 Å². The Morgan fingerprint density at radius 3 is 2.53 bits per heavy atom. The minimum atomic E-state index is -0.696. The highest BCUT2D eigenvalue weighted by atomic mass is 32.2. The van der Waals surface area contributed by atoms with Crippen LogP contribution in [0.1, 0.15) is 45.4 Å². The molecule has 0 aliphatic carbocycles. The van der Waals surface area contributed by atoms with E-state index in [4.69, 9.17) is 0 Å². The second-order valence-corrected chi connectivity index (χ2v) is 6.73. The summed E-state index contributed by atoms with van der Waals surface area (Å²) in [6, 6.07) is 0. The Bertz CT molecular complexity index is 310. The van der Waals surface area contributed by atoms with E-state index in [1.807, 2.05) is 0 Å². The number of aliphatic hydroxyl groups is 1. The van der Waals surface area contributed by atoms with Gasteiger partial charge in [-0.1, -0.05) is 6.42 Å².